The summed E-state index contributed by atoms with van der Waals surface area (Å²) in [6.45, 7) is 1.93. The van der Waals surface area contributed by atoms with Gasteiger partial charge in [0.15, 0.2) is 0 Å². The minimum atomic E-state index is 0.279. The van der Waals surface area contributed by atoms with Crippen LogP contribution in [0.2, 0.25) is 0 Å². The van der Waals surface area contributed by atoms with Crippen LogP contribution in [0.3, 0.4) is 0 Å². The van der Waals surface area contributed by atoms with Gasteiger partial charge in [0.2, 0.25) is 5.96 Å². The zero-order valence-corrected chi connectivity index (χ0v) is 7.16. The van der Waals surface area contributed by atoms with Gasteiger partial charge in [-0.1, -0.05) is 5.16 Å². The summed E-state index contributed by atoms with van der Waals surface area (Å²) in [5.74, 6) is 0.279. The molecule has 1 spiro atoms. The molecule has 0 amide bonds. The molecule has 0 radical (unpaired) electrons. The Balaban J connectivity index is 1.99. The maximum atomic E-state index is 8.50. The molecule has 1 aliphatic heterocycles. The van der Waals surface area contributed by atoms with Gasteiger partial charge in [-0.2, -0.15) is 0 Å². The second-order valence-electron chi connectivity index (χ2n) is 3.98. The van der Waals surface area contributed by atoms with Gasteiger partial charge in [0.1, 0.15) is 0 Å². The maximum absolute atomic E-state index is 8.50. The summed E-state index contributed by atoms with van der Waals surface area (Å²) in [5.41, 5.74) is 6.06. The van der Waals surface area contributed by atoms with Gasteiger partial charge in [-0.15, -0.1) is 0 Å². The summed E-state index contributed by atoms with van der Waals surface area (Å²) in [6.07, 6.45) is 5.14. The maximum Gasteiger partial charge on any atom is 0.233 e. The van der Waals surface area contributed by atoms with Gasteiger partial charge >= 0.3 is 0 Å². The molecular formula is C8H15N3O. The lowest BCUT2D eigenvalue weighted by molar-refractivity contribution is 0.225. The van der Waals surface area contributed by atoms with Gasteiger partial charge in [-0.3, -0.25) is 0 Å². The Morgan fingerprint density at radius 2 is 2.17 bits per heavy atom. The van der Waals surface area contributed by atoms with Crippen LogP contribution in [0, 0.1) is 5.41 Å². The van der Waals surface area contributed by atoms with Gasteiger partial charge in [0.25, 0.3) is 0 Å². The van der Waals surface area contributed by atoms with E-state index in [1.54, 1.807) is 0 Å². The molecule has 0 aromatic carbocycles. The Bertz CT molecular complexity index is 210. The number of rotatable bonds is 0. The fraction of sp³-hybridized carbons (Fsp3) is 0.875. The van der Waals surface area contributed by atoms with Crippen molar-refractivity contribution in [1.82, 2.24) is 4.90 Å². The van der Waals surface area contributed by atoms with E-state index in [-0.39, 0.29) is 5.96 Å². The summed E-state index contributed by atoms with van der Waals surface area (Å²) in [7, 11) is 0. The average molecular weight is 169 g/mol. The first kappa shape index (κ1) is 7.71. The first-order valence-electron chi connectivity index (χ1n) is 4.48. The number of piperidine rings is 1. The highest BCUT2D eigenvalue weighted by Gasteiger charge is 2.45. The third-order valence-corrected chi connectivity index (χ3v) is 3.04. The SMILES string of the molecule is NC(=NO)N1CCCC2(CC2)C1. The lowest BCUT2D eigenvalue weighted by Crippen LogP contribution is -2.44. The second-order valence-corrected chi connectivity index (χ2v) is 3.98. The normalized spacial score (nSPS) is 27.7. The van der Waals surface area contributed by atoms with E-state index < -0.39 is 0 Å². The topological polar surface area (TPSA) is 61.9 Å². The predicted molar refractivity (Wildman–Crippen MR) is 45.9 cm³/mol. The minimum absolute atomic E-state index is 0.279. The van der Waals surface area contributed by atoms with Crippen LogP contribution in [0.15, 0.2) is 5.16 Å². The lowest BCUT2D eigenvalue weighted by Gasteiger charge is -2.32. The third-order valence-electron chi connectivity index (χ3n) is 3.04. The zero-order valence-electron chi connectivity index (χ0n) is 7.16. The van der Waals surface area contributed by atoms with Crippen molar-refractivity contribution in [2.45, 2.75) is 25.7 Å². The average Bonchev–Trinajstić information content (AvgIpc) is 2.84. The molecule has 12 heavy (non-hydrogen) atoms. The second kappa shape index (κ2) is 2.54. The Kier molecular flexibility index (Phi) is 1.63. The number of hydrogen-bond acceptors (Lipinski definition) is 2. The van der Waals surface area contributed by atoms with E-state index in [0.717, 1.165) is 13.1 Å². The summed E-state index contributed by atoms with van der Waals surface area (Å²) >= 11 is 0. The molecule has 2 rings (SSSR count). The highest BCUT2D eigenvalue weighted by Crippen LogP contribution is 2.51. The molecule has 1 saturated heterocycles. The van der Waals surface area contributed by atoms with Gasteiger partial charge in [0.05, 0.1) is 0 Å². The van der Waals surface area contributed by atoms with Gasteiger partial charge in [-0.05, 0) is 31.1 Å². The molecule has 1 saturated carbocycles. The Morgan fingerprint density at radius 1 is 1.42 bits per heavy atom. The number of guanidine groups is 1. The smallest absolute Gasteiger partial charge is 0.233 e. The molecule has 2 fully saturated rings. The van der Waals surface area contributed by atoms with E-state index in [2.05, 4.69) is 5.16 Å². The molecule has 68 valence electrons. The molecule has 0 aromatic heterocycles. The van der Waals surface area contributed by atoms with Crippen LogP contribution >= 0.6 is 0 Å². The lowest BCUT2D eigenvalue weighted by atomic mass is 9.95. The molecular weight excluding hydrogens is 154 g/mol. The van der Waals surface area contributed by atoms with Crippen molar-refractivity contribution >= 4 is 5.96 Å². The van der Waals surface area contributed by atoms with E-state index >= 15 is 0 Å². The largest absolute Gasteiger partial charge is 0.408 e. The molecule has 1 heterocycles. The van der Waals surface area contributed by atoms with E-state index in [1.807, 2.05) is 4.90 Å². The van der Waals surface area contributed by atoms with E-state index in [0.29, 0.717) is 5.41 Å². The predicted octanol–water partition coefficient (Wildman–Crippen LogP) is 0.566. The molecule has 0 aromatic rings. The van der Waals surface area contributed by atoms with Crippen molar-refractivity contribution < 1.29 is 5.21 Å². The fourth-order valence-corrected chi connectivity index (χ4v) is 2.05. The van der Waals surface area contributed by atoms with Crippen molar-refractivity contribution in [2.24, 2.45) is 16.3 Å². The van der Waals surface area contributed by atoms with E-state index in [9.17, 15) is 0 Å². The van der Waals surface area contributed by atoms with Crippen molar-refractivity contribution in [2.75, 3.05) is 13.1 Å². The summed E-state index contributed by atoms with van der Waals surface area (Å²) in [6, 6.07) is 0. The summed E-state index contributed by atoms with van der Waals surface area (Å²) < 4.78 is 0. The van der Waals surface area contributed by atoms with Crippen molar-refractivity contribution in [3.8, 4) is 0 Å². The fourth-order valence-electron chi connectivity index (χ4n) is 2.05. The first-order chi connectivity index (χ1) is 5.76. The monoisotopic (exact) mass is 169 g/mol. The molecule has 2 aliphatic rings. The molecule has 4 nitrogen and oxygen atoms in total. The van der Waals surface area contributed by atoms with Crippen LogP contribution in [0.25, 0.3) is 0 Å². The minimum Gasteiger partial charge on any atom is -0.408 e. The quantitative estimate of drug-likeness (QED) is 0.241. The number of nitrogens with zero attached hydrogens (tertiary/aromatic N) is 2. The van der Waals surface area contributed by atoms with Crippen molar-refractivity contribution in [3.63, 3.8) is 0 Å². The Hall–Kier alpha value is -0.930. The van der Waals surface area contributed by atoms with Crippen LogP contribution in [-0.2, 0) is 0 Å². The summed E-state index contributed by atoms with van der Waals surface area (Å²) in [4.78, 5) is 1.98. The Labute approximate surface area is 72.0 Å². The molecule has 0 unspecified atom stereocenters. The third kappa shape index (κ3) is 1.21. The molecule has 0 atom stereocenters. The molecule has 4 heteroatoms. The van der Waals surface area contributed by atoms with Crippen LogP contribution < -0.4 is 5.73 Å². The van der Waals surface area contributed by atoms with Gasteiger partial charge in [0, 0.05) is 13.1 Å². The van der Waals surface area contributed by atoms with E-state index in [1.165, 1.54) is 25.7 Å². The number of likely N-dealkylation sites (tertiary alicyclic amines) is 1. The van der Waals surface area contributed by atoms with Crippen LogP contribution in [0.5, 0.6) is 0 Å². The molecule has 0 bridgehead atoms. The van der Waals surface area contributed by atoms with Crippen LogP contribution in [-0.4, -0.2) is 29.2 Å². The highest BCUT2D eigenvalue weighted by molar-refractivity contribution is 5.77. The number of oxime groups is 1. The number of nitrogens with two attached hydrogens (primary N) is 1. The van der Waals surface area contributed by atoms with Crippen LogP contribution in [0.4, 0.5) is 0 Å². The van der Waals surface area contributed by atoms with Crippen molar-refractivity contribution in [3.05, 3.63) is 0 Å². The first-order valence-corrected chi connectivity index (χ1v) is 4.48. The summed E-state index contributed by atoms with van der Waals surface area (Å²) in [5, 5.41) is 11.5. The highest BCUT2D eigenvalue weighted by atomic mass is 16.4. The van der Waals surface area contributed by atoms with Crippen molar-refractivity contribution in [1.29, 1.82) is 0 Å². The zero-order chi connectivity index (χ0) is 8.60. The van der Waals surface area contributed by atoms with Gasteiger partial charge in [-0.25, -0.2) is 0 Å². The van der Waals surface area contributed by atoms with Gasteiger partial charge < -0.3 is 15.8 Å². The molecule has 3 N–H and O–H groups in total. The molecule has 1 aliphatic carbocycles. The Morgan fingerprint density at radius 3 is 2.75 bits per heavy atom. The van der Waals surface area contributed by atoms with Crippen LogP contribution in [0.1, 0.15) is 25.7 Å². The standard InChI is InChI=1S/C8H15N3O/c9-7(10-12)11-5-1-2-8(6-11)3-4-8/h12H,1-6H2,(H2,9,10). The number of hydrogen-bond donors (Lipinski definition) is 2. The van der Waals surface area contributed by atoms with E-state index in [4.69, 9.17) is 10.9 Å².